The van der Waals surface area contributed by atoms with Crippen molar-refractivity contribution >= 4 is 29.0 Å². The Bertz CT molecular complexity index is 1740. The number of rotatable bonds is 6. The van der Waals surface area contributed by atoms with Gasteiger partial charge in [0.2, 0.25) is 0 Å². The molecule has 10 heteroatoms. The molecule has 0 radical (unpaired) electrons. The maximum atomic E-state index is 16.0. The first-order valence-electron chi connectivity index (χ1n) is 14.4. The Morgan fingerprint density at radius 3 is 2.23 bits per heavy atom. The second kappa shape index (κ2) is 12.4. The average Bonchev–Trinajstić information content (AvgIpc) is 3.02. The minimum absolute atomic E-state index is 0.00886. The second-order valence-electron chi connectivity index (χ2n) is 11.8. The number of ether oxygens (including phenoxy) is 1. The van der Waals surface area contributed by atoms with Gasteiger partial charge in [0, 0.05) is 55.8 Å². The first-order valence-corrected chi connectivity index (χ1v) is 14.4. The summed E-state index contributed by atoms with van der Waals surface area (Å²) in [6, 6.07) is 18.8. The highest BCUT2D eigenvalue weighted by Gasteiger charge is 2.22. The highest BCUT2D eigenvalue weighted by molar-refractivity contribution is 6.06. The standard InChI is InChI=1S/C34H36FN5O4/c1-34(2,3)24-13-9-22(10-14-24)31(41)39(5)28-8-6-7-26(29(28)35)27-21-38(4)33(43)30(37-27)36-25-15-11-23(12-16-25)32(42)40-17-19-44-20-18-40/h6-16,21H,17-20H2,1-5H3,(H,36,37). The minimum atomic E-state index is -0.641. The van der Waals surface area contributed by atoms with Gasteiger partial charge in [-0.2, -0.15) is 0 Å². The summed E-state index contributed by atoms with van der Waals surface area (Å²) in [5, 5.41) is 3.00. The number of anilines is 3. The highest BCUT2D eigenvalue weighted by atomic mass is 19.1. The summed E-state index contributed by atoms with van der Waals surface area (Å²) >= 11 is 0. The Hall–Kier alpha value is -4.83. The van der Waals surface area contributed by atoms with Crippen LogP contribution in [0.1, 0.15) is 47.1 Å². The van der Waals surface area contributed by atoms with E-state index in [4.69, 9.17) is 4.74 Å². The van der Waals surface area contributed by atoms with Gasteiger partial charge in [-0.1, -0.05) is 39.0 Å². The number of hydrogen-bond donors (Lipinski definition) is 1. The fraction of sp³-hybridized carbons (Fsp3) is 0.294. The number of carbonyl (C=O) groups excluding carboxylic acids is 2. The van der Waals surface area contributed by atoms with Crippen molar-refractivity contribution in [3.63, 3.8) is 0 Å². The van der Waals surface area contributed by atoms with Crippen molar-refractivity contribution in [3.05, 3.63) is 106 Å². The summed E-state index contributed by atoms with van der Waals surface area (Å²) in [5.41, 5.74) is 2.55. The molecular weight excluding hydrogens is 561 g/mol. The van der Waals surface area contributed by atoms with Gasteiger partial charge in [0.15, 0.2) is 11.6 Å². The molecule has 228 valence electrons. The lowest BCUT2D eigenvalue weighted by Gasteiger charge is -2.26. The summed E-state index contributed by atoms with van der Waals surface area (Å²) in [7, 11) is 3.08. The van der Waals surface area contributed by atoms with E-state index in [1.54, 1.807) is 60.5 Å². The highest BCUT2D eigenvalue weighted by Crippen LogP contribution is 2.30. The summed E-state index contributed by atoms with van der Waals surface area (Å²) in [6.07, 6.45) is 1.45. The summed E-state index contributed by atoms with van der Waals surface area (Å²) in [4.78, 5) is 46.5. The molecule has 3 aromatic carbocycles. The average molecular weight is 598 g/mol. The second-order valence-corrected chi connectivity index (χ2v) is 11.8. The third-order valence-electron chi connectivity index (χ3n) is 7.68. The lowest BCUT2D eigenvalue weighted by Crippen LogP contribution is -2.40. The normalized spacial score (nSPS) is 13.5. The van der Waals surface area contributed by atoms with Gasteiger partial charge in [-0.15, -0.1) is 0 Å². The van der Waals surface area contributed by atoms with E-state index in [2.05, 4.69) is 31.1 Å². The van der Waals surface area contributed by atoms with Crippen LogP contribution >= 0.6 is 0 Å². The SMILES string of the molecule is CN(C(=O)c1ccc(C(C)(C)C)cc1)c1cccc(-c2cn(C)c(=O)c(Nc3ccc(C(=O)N4CCOCC4)cc3)n2)c1F. The zero-order chi connectivity index (χ0) is 31.6. The molecule has 0 atom stereocenters. The Morgan fingerprint density at radius 1 is 0.955 bits per heavy atom. The predicted molar refractivity (Wildman–Crippen MR) is 169 cm³/mol. The van der Waals surface area contributed by atoms with E-state index < -0.39 is 11.4 Å². The van der Waals surface area contributed by atoms with Gasteiger partial charge < -0.3 is 24.4 Å². The first kappa shape index (κ1) is 30.6. The van der Waals surface area contributed by atoms with Crippen molar-refractivity contribution in [2.24, 2.45) is 7.05 Å². The smallest absolute Gasteiger partial charge is 0.293 e. The van der Waals surface area contributed by atoms with Gasteiger partial charge in [0.05, 0.1) is 24.6 Å². The number of aromatic nitrogens is 2. The fourth-order valence-electron chi connectivity index (χ4n) is 4.99. The predicted octanol–water partition coefficient (Wildman–Crippen LogP) is 5.38. The number of amides is 2. The molecular formula is C34H36FN5O4. The van der Waals surface area contributed by atoms with E-state index in [0.717, 1.165) is 5.56 Å². The van der Waals surface area contributed by atoms with Crippen molar-refractivity contribution in [2.45, 2.75) is 26.2 Å². The maximum Gasteiger partial charge on any atom is 0.293 e. The molecule has 0 unspecified atom stereocenters. The van der Waals surface area contributed by atoms with Crippen LogP contribution in [0.25, 0.3) is 11.3 Å². The van der Waals surface area contributed by atoms with Crippen LogP contribution in [-0.4, -0.2) is 59.6 Å². The molecule has 9 nitrogen and oxygen atoms in total. The Labute approximate surface area is 255 Å². The van der Waals surface area contributed by atoms with Crippen LogP contribution < -0.4 is 15.8 Å². The number of carbonyl (C=O) groups is 2. The molecule has 2 heterocycles. The largest absolute Gasteiger partial charge is 0.378 e. The number of benzene rings is 3. The van der Waals surface area contributed by atoms with Crippen molar-refractivity contribution in [1.82, 2.24) is 14.5 Å². The summed E-state index contributed by atoms with van der Waals surface area (Å²) < 4.78 is 22.6. The minimum Gasteiger partial charge on any atom is -0.378 e. The number of hydrogen-bond acceptors (Lipinski definition) is 6. The van der Waals surface area contributed by atoms with Gasteiger partial charge in [-0.3, -0.25) is 14.4 Å². The topological polar surface area (TPSA) is 96.8 Å². The Balaban J connectivity index is 1.38. The molecule has 2 amide bonds. The molecule has 1 N–H and O–H groups in total. The Kier molecular flexibility index (Phi) is 8.64. The lowest BCUT2D eigenvalue weighted by atomic mass is 9.86. The molecule has 0 bridgehead atoms. The monoisotopic (exact) mass is 597 g/mol. The lowest BCUT2D eigenvalue weighted by molar-refractivity contribution is 0.0303. The summed E-state index contributed by atoms with van der Waals surface area (Å²) in [6.45, 7) is 8.39. The van der Waals surface area contributed by atoms with Crippen LogP contribution in [0.2, 0.25) is 0 Å². The number of aryl methyl sites for hydroxylation is 1. The van der Waals surface area contributed by atoms with E-state index in [-0.39, 0.29) is 40.0 Å². The van der Waals surface area contributed by atoms with Gasteiger partial charge in [-0.05, 0) is 59.5 Å². The zero-order valence-electron chi connectivity index (χ0n) is 25.6. The van der Waals surface area contributed by atoms with Crippen LogP contribution in [-0.2, 0) is 17.2 Å². The van der Waals surface area contributed by atoms with Crippen LogP contribution in [0, 0.1) is 5.82 Å². The van der Waals surface area contributed by atoms with Crippen LogP contribution in [0.15, 0.2) is 77.7 Å². The maximum absolute atomic E-state index is 16.0. The molecule has 1 aliphatic rings. The molecule has 1 saturated heterocycles. The fourth-order valence-corrected chi connectivity index (χ4v) is 4.99. The third kappa shape index (κ3) is 6.40. The van der Waals surface area contributed by atoms with Crippen molar-refractivity contribution in [3.8, 4) is 11.3 Å². The Morgan fingerprint density at radius 2 is 1.59 bits per heavy atom. The zero-order valence-corrected chi connectivity index (χ0v) is 25.6. The van der Waals surface area contributed by atoms with Gasteiger partial charge in [-0.25, -0.2) is 9.37 Å². The molecule has 1 aromatic heterocycles. The molecule has 0 aliphatic carbocycles. The quantitative estimate of drug-likeness (QED) is 0.321. The van der Waals surface area contributed by atoms with Crippen LogP contribution in [0.4, 0.5) is 21.6 Å². The van der Waals surface area contributed by atoms with E-state index >= 15 is 4.39 Å². The van der Waals surface area contributed by atoms with E-state index in [0.29, 0.717) is 43.1 Å². The molecule has 44 heavy (non-hydrogen) atoms. The van der Waals surface area contributed by atoms with Gasteiger partial charge in [0.25, 0.3) is 17.4 Å². The first-order chi connectivity index (χ1) is 20.9. The van der Waals surface area contributed by atoms with Gasteiger partial charge >= 0.3 is 0 Å². The van der Waals surface area contributed by atoms with Crippen LogP contribution in [0.5, 0.6) is 0 Å². The molecule has 4 aromatic rings. The van der Waals surface area contributed by atoms with Crippen molar-refractivity contribution in [2.75, 3.05) is 43.6 Å². The van der Waals surface area contributed by atoms with E-state index in [1.165, 1.54) is 28.8 Å². The molecule has 1 fully saturated rings. The van der Waals surface area contributed by atoms with Gasteiger partial charge in [0.1, 0.15) is 0 Å². The number of morpholine rings is 1. The third-order valence-corrected chi connectivity index (χ3v) is 7.68. The molecule has 0 spiro atoms. The van der Waals surface area contributed by atoms with E-state index in [1.807, 2.05) is 12.1 Å². The number of nitrogens with zero attached hydrogens (tertiary/aromatic N) is 4. The number of nitrogens with one attached hydrogen (secondary N) is 1. The van der Waals surface area contributed by atoms with E-state index in [9.17, 15) is 14.4 Å². The van der Waals surface area contributed by atoms with Crippen LogP contribution in [0.3, 0.4) is 0 Å². The number of halogens is 1. The summed E-state index contributed by atoms with van der Waals surface area (Å²) in [5.74, 6) is -1.09. The molecule has 5 rings (SSSR count). The molecule has 0 saturated carbocycles. The van der Waals surface area contributed by atoms with Crippen molar-refractivity contribution < 1.29 is 18.7 Å². The van der Waals surface area contributed by atoms with Crippen molar-refractivity contribution in [1.29, 1.82) is 0 Å². The molecule has 1 aliphatic heterocycles.